The predicted octanol–water partition coefficient (Wildman–Crippen LogP) is 4.00. The maximum atomic E-state index is 10.8. The predicted molar refractivity (Wildman–Crippen MR) is 87.2 cm³/mol. The lowest BCUT2D eigenvalue weighted by Crippen LogP contribution is -2.00. The first-order valence-electron chi connectivity index (χ1n) is 7.05. The minimum Gasteiger partial charge on any atom is -0.481 e. The highest BCUT2D eigenvalue weighted by atomic mass is 35.5. The van der Waals surface area contributed by atoms with Crippen LogP contribution in [-0.4, -0.2) is 20.6 Å². The van der Waals surface area contributed by atoms with E-state index in [4.69, 9.17) is 16.7 Å². The van der Waals surface area contributed by atoms with Crippen molar-refractivity contribution in [3.8, 4) is 11.4 Å². The van der Waals surface area contributed by atoms with Gasteiger partial charge in [-0.2, -0.15) is 0 Å². The van der Waals surface area contributed by atoms with E-state index in [1.807, 2.05) is 42.5 Å². The van der Waals surface area contributed by atoms with Gasteiger partial charge in [-0.05, 0) is 48.9 Å². The zero-order valence-corrected chi connectivity index (χ0v) is 12.8. The van der Waals surface area contributed by atoms with Gasteiger partial charge in [0.25, 0.3) is 0 Å². The van der Waals surface area contributed by atoms with E-state index in [0.29, 0.717) is 5.02 Å². The highest BCUT2D eigenvalue weighted by Crippen LogP contribution is 2.26. The topological polar surface area (TPSA) is 55.1 Å². The first-order valence-corrected chi connectivity index (χ1v) is 7.43. The summed E-state index contributed by atoms with van der Waals surface area (Å²) in [5.74, 6) is 0.0221. The van der Waals surface area contributed by atoms with E-state index in [0.717, 1.165) is 34.5 Å². The van der Waals surface area contributed by atoms with Crippen LogP contribution in [0.25, 0.3) is 22.4 Å². The SMILES string of the molecule is CCn1c(-c2ccc(Cl)cc2)nc2cc(CC(=O)O)ccc21. The summed E-state index contributed by atoms with van der Waals surface area (Å²) in [7, 11) is 0. The zero-order chi connectivity index (χ0) is 15.7. The first kappa shape index (κ1) is 14.6. The molecule has 0 unspecified atom stereocenters. The van der Waals surface area contributed by atoms with Gasteiger partial charge in [0, 0.05) is 17.1 Å². The summed E-state index contributed by atoms with van der Waals surface area (Å²) in [6, 6.07) is 13.2. The van der Waals surface area contributed by atoms with E-state index < -0.39 is 5.97 Å². The number of rotatable bonds is 4. The molecule has 112 valence electrons. The molecule has 0 saturated heterocycles. The van der Waals surface area contributed by atoms with Gasteiger partial charge in [-0.3, -0.25) is 4.79 Å². The van der Waals surface area contributed by atoms with Crippen molar-refractivity contribution < 1.29 is 9.90 Å². The second-order valence-corrected chi connectivity index (χ2v) is 5.52. The second kappa shape index (κ2) is 5.81. The van der Waals surface area contributed by atoms with Gasteiger partial charge in [0.15, 0.2) is 0 Å². The lowest BCUT2D eigenvalue weighted by Gasteiger charge is -2.06. The molecular weight excluding hydrogens is 300 g/mol. The van der Waals surface area contributed by atoms with Gasteiger partial charge in [-0.15, -0.1) is 0 Å². The van der Waals surface area contributed by atoms with Crippen LogP contribution in [0.1, 0.15) is 12.5 Å². The third-order valence-corrected chi connectivity index (χ3v) is 3.84. The van der Waals surface area contributed by atoms with Crippen LogP contribution in [0.4, 0.5) is 0 Å². The number of aryl methyl sites for hydroxylation is 1. The molecule has 5 heteroatoms. The molecule has 0 spiro atoms. The number of aliphatic carboxylic acids is 1. The van der Waals surface area contributed by atoms with Crippen molar-refractivity contribution in [2.75, 3.05) is 0 Å². The normalized spacial score (nSPS) is 11.0. The Morgan fingerprint density at radius 1 is 1.23 bits per heavy atom. The number of aromatic nitrogens is 2. The number of benzene rings is 2. The Labute approximate surface area is 133 Å². The lowest BCUT2D eigenvalue weighted by molar-refractivity contribution is -0.136. The fourth-order valence-electron chi connectivity index (χ4n) is 2.60. The summed E-state index contributed by atoms with van der Waals surface area (Å²) in [6.45, 7) is 2.85. The Morgan fingerprint density at radius 3 is 2.59 bits per heavy atom. The summed E-state index contributed by atoms with van der Waals surface area (Å²) in [5.41, 5.74) is 3.55. The number of halogens is 1. The van der Waals surface area contributed by atoms with E-state index in [-0.39, 0.29) is 6.42 Å². The van der Waals surface area contributed by atoms with Crippen molar-refractivity contribution in [1.29, 1.82) is 0 Å². The monoisotopic (exact) mass is 314 g/mol. The summed E-state index contributed by atoms with van der Waals surface area (Å²) in [4.78, 5) is 15.5. The molecule has 3 rings (SSSR count). The molecule has 0 aliphatic carbocycles. The van der Waals surface area contributed by atoms with E-state index >= 15 is 0 Å². The molecule has 0 fully saturated rings. The molecule has 1 aromatic heterocycles. The summed E-state index contributed by atoms with van der Waals surface area (Å²) >= 11 is 5.94. The molecule has 0 amide bonds. The number of fused-ring (bicyclic) bond motifs is 1. The second-order valence-electron chi connectivity index (χ2n) is 5.08. The molecule has 0 radical (unpaired) electrons. The van der Waals surface area contributed by atoms with Gasteiger partial charge >= 0.3 is 5.97 Å². The molecule has 22 heavy (non-hydrogen) atoms. The van der Waals surface area contributed by atoms with Gasteiger partial charge in [-0.1, -0.05) is 17.7 Å². The van der Waals surface area contributed by atoms with Crippen molar-refractivity contribution in [2.45, 2.75) is 19.9 Å². The number of hydrogen-bond acceptors (Lipinski definition) is 2. The van der Waals surface area contributed by atoms with Crippen molar-refractivity contribution >= 4 is 28.6 Å². The number of carbonyl (C=O) groups is 1. The quantitative estimate of drug-likeness (QED) is 0.791. The molecular formula is C17H15ClN2O2. The number of carboxylic acid groups (broad SMARTS) is 1. The molecule has 1 N–H and O–H groups in total. The van der Waals surface area contributed by atoms with Gasteiger partial charge in [0.1, 0.15) is 5.82 Å². The summed E-state index contributed by atoms with van der Waals surface area (Å²) < 4.78 is 2.11. The maximum absolute atomic E-state index is 10.8. The van der Waals surface area contributed by atoms with Gasteiger partial charge in [0.2, 0.25) is 0 Å². The molecule has 2 aromatic carbocycles. The third-order valence-electron chi connectivity index (χ3n) is 3.59. The first-order chi connectivity index (χ1) is 10.6. The highest BCUT2D eigenvalue weighted by molar-refractivity contribution is 6.30. The van der Waals surface area contributed by atoms with Crippen LogP contribution in [0.5, 0.6) is 0 Å². The average molecular weight is 315 g/mol. The molecule has 0 atom stereocenters. The number of imidazole rings is 1. The Bertz CT molecular complexity index is 838. The minimum absolute atomic E-state index is 0.00516. The van der Waals surface area contributed by atoms with Crippen molar-refractivity contribution in [2.24, 2.45) is 0 Å². The van der Waals surface area contributed by atoms with E-state index in [1.54, 1.807) is 0 Å². The smallest absolute Gasteiger partial charge is 0.307 e. The minimum atomic E-state index is -0.841. The fraction of sp³-hybridized carbons (Fsp3) is 0.176. The Morgan fingerprint density at radius 2 is 1.95 bits per heavy atom. The van der Waals surface area contributed by atoms with Crippen molar-refractivity contribution in [3.05, 3.63) is 53.1 Å². The van der Waals surface area contributed by atoms with Crippen molar-refractivity contribution in [3.63, 3.8) is 0 Å². The number of carboxylic acids is 1. The van der Waals surface area contributed by atoms with Gasteiger partial charge in [-0.25, -0.2) is 4.98 Å². The van der Waals surface area contributed by atoms with Crippen molar-refractivity contribution in [1.82, 2.24) is 9.55 Å². The molecule has 0 aliphatic rings. The number of hydrogen-bond donors (Lipinski definition) is 1. The standard InChI is InChI=1S/C17H15ClN2O2/c1-2-20-15-8-3-11(10-16(21)22)9-14(15)19-17(20)12-4-6-13(18)7-5-12/h3-9H,2,10H2,1H3,(H,21,22). The van der Waals surface area contributed by atoms with Crippen LogP contribution in [0.2, 0.25) is 5.02 Å². The highest BCUT2D eigenvalue weighted by Gasteiger charge is 2.12. The fourth-order valence-corrected chi connectivity index (χ4v) is 2.73. The van der Waals surface area contributed by atoms with Gasteiger partial charge in [0.05, 0.1) is 17.5 Å². The largest absolute Gasteiger partial charge is 0.481 e. The molecule has 4 nitrogen and oxygen atoms in total. The maximum Gasteiger partial charge on any atom is 0.307 e. The number of nitrogens with zero attached hydrogens (tertiary/aromatic N) is 2. The van der Waals surface area contributed by atoms with E-state index in [1.165, 1.54) is 0 Å². The average Bonchev–Trinajstić information content (AvgIpc) is 2.85. The van der Waals surface area contributed by atoms with Crippen LogP contribution in [-0.2, 0) is 17.8 Å². The van der Waals surface area contributed by atoms with Crippen LogP contribution in [0.15, 0.2) is 42.5 Å². The third kappa shape index (κ3) is 2.70. The van der Waals surface area contributed by atoms with Crippen LogP contribution in [0, 0.1) is 0 Å². The van der Waals surface area contributed by atoms with Crippen LogP contribution in [0.3, 0.4) is 0 Å². The summed E-state index contributed by atoms with van der Waals surface area (Å²) in [5, 5.41) is 9.60. The van der Waals surface area contributed by atoms with Gasteiger partial charge < -0.3 is 9.67 Å². The van der Waals surface area contributed by atoms with E-state index in [9.17, 15) is 4.79 Å². The van der Waals surface area contributed by atoms with Crippen LogP contribution >= 0.6 is 11.6 Å². The Balaban J connectivity index is 2.14. The molecule has 0 aliphatic heterocycles. The molecule has 3 aromatic rings. The van der Waals surface area contributed by atoms with Crippen LogP contribution < -0.4 is 0 Å². The Hall–Kier alpha value is -2.33. The molecule has 0 bridgehead atoms. The molecule has 1 heterocycles. The summed E-state index contributed by atoms with van der Waals surface area (Å²) in [6.07, 6.45) is 0.00516. The van der Waals surface area contributed by atoms with E-state index in [2.05, 4.69) is 16.5 Å². The lowest BCUT2D eigenvalue weighted by atomic mass is 10.1. The Kier molecular flexibility index (Phi) is 3.86. The zero-order valence-electron chi connectivity index (χ0n) is 12.1. The molecule has 0 saturated carbocycles.